The number of aliphatic carboxylic acids is 1. The number of rotatable bonds is 8. The summed E-state index contributed by atoms with van der Waals surface area (Å²) in [5.41, 5.74) is 5.91. The van der Waals surface area contributed by atoms with Crippen LogP contribution in [0.5, 0.6) is 0 Å². The number of hydrogen-bond acceptors (Lipinski definition) is 5. The lowest BCUT2D eigenvalue weighted by molar-refractivity contribution is -0.138. The highest BCUT2D eigenvalue weighted by molar-refractivity contribution is 8.01. The first-order valence-electron chi connectivity index (χ1n) is 6.44. The van der Waals surface area contributed by atoms with E-state index in [9.17, 15) is 9.59 Å². The van der Waals surface area contributed by atoms with Crippen molar-refractivity contribution in [1.29, 1.82) is 0 Å². The van der Waals surface area contributed by atoms with Gasteiger partial charge in [-0.2, -0.15) is 11.8 Å². The number of carboxylic acid groups (broad SMARTS) is 1. The highest BCUT2D eigenvalue weighted by atomic mass is 32.2. The van der Waals surface area contributed by atoms with E-state index in [4.69, 9.17) is 10.8 Å². The molecule has 0 aromatic rings. The smallest absolute Gasteiger partial charge is 0.305 e. The first-order chi connectivity index (χ1) is 8.93. The zero-order valence-corrected chi connectivity index (χ0v) is 12.1. The summed E-state index contributed by atoms with van der Waals surface area (Å²) >= 11 is 1.95. The molecular weight excluding hydrogens is 264 g/mol. The van der Waals surface area contributed by atoms with Crippen molar-refractivity contribution >= 4 is 24.0 Å². The highest BCUT2D eigenvalue weighted by Gasteiger charge is 2.33. The molecule has 1 saturated heterocycles. The molecule has 3 unspecified atom stereocenters. The van der Waals surface area contributed by atoms with Gasteiger partial charge in [0.1, 0.15) is 6.29 Å². The molecule has 4 atom stereocenters. The summed E-state index contributed by atoms with van der Waals surface area (Å²) < 4.78 is 0. The molecule has 0 aromatic heterocycles. The van der Waals surface area contributed by atoms with Crippen molar-refractivity contribution in [2.24, 2.45) is 11.7 Å². The van der Waals surface area contributed by atoms with Gasteiger partial charge in [-0.05, 0) is 0 Å². The molecule has 0 saturated carbocycles. The van der Waals surface area contributed by atoms with Crippen LogP contribution in [0.4, 0.5) is 0 Å². The number of nitrogens with one attached hydrogen (secondary N) is 1. The standard InChI is InChI=1S/C13H22N2O3S/c1-8-12(9(2)19-8)4-3-10(14)6-15-11(7-16)5-13(17)18/h3-4,7-12,15H,5-6,14H2,1-2H3,(H,17,18)/t8?,9?,10?,11-,12?/m0/s1. The van der Waals surface area contributed by atoms with Crippen LogP contribution in [-0.2, 0) is 9.59 Å². The third-order valence-electron chi connectivity index (χ3n) is 3.27. The first-order valence-corrected chi connectivity index (χ1v) is 7.38. The molecule has 0 radical (unpaired) electrons. The lowest BCUT2D eigenvalue weighted by Crippen LogP contribution is -2.41. The Morgan fingerprint density at radius 2 is 2.11 bits per heavy atom. The molecule has 0 aliphatic carbocycles. The van der Waals surface area contributed by atoms with Crippen LogP contribution in [0.25, 0.3) is 0 Å². The summed E-state index contributed by atoms with van der Waals surface area (Å²) in [5, 5.41) is 12.7. The van der Waals surface area contributed by atoms with Crippen LogP contribution in [0.15, 0.2) is 12.2 Å². The van der Waals surface area contributed by atoms with Crippen LogP contribution in [0.3, 0.4) is 0 Å². The van der Waals surface area contributed by atoms with E-state index in [1.807, 2.05) is 17.8 Å². The van der Waals surface area contributed by atoms with Crippen molar-refractivity contribution in [3.8, 4) is 0 Å². The Hall–Kier alpha value is -0.850. The number of aldehydes is 1. The van der Waals surface area contributed by atoms with E-state index in [1.165, 1.54) is 0 Å². The third-order valence-corrected chi connectivity index (χ3v) is 4.76. The Labute approximate surface area is 118 Å². The zero-order chi connectivity index (χ0) is 14.4. The van der Waals surface area contributed by atoms with Gasteiger partial charge in [0.05, 0.1) is 12.5 Å². The van der Waals surface area contributed by atoms with Gasteiger partial charge in [0.25, 0.3) is 0 Å². The third kappa shape index (κ3) is 5.34. The van der Waals surface area contributed by atoms with Crippen LogP contribution in [0.2, 0.25) is 0 Å². The quantitative estimate of drug-likeness (QED) is 0.448. The fourth-order valence-corrected chi connectivity index (χ4v) is 3.53. The maximum Gasteiger partial charge on any atom is 0.305 e. The average Bonchev–Trinajstić information content (AvgIpc) is 2.34. The molecule has 0 aromatic carbocycles. The number of carboxylic acids is 1. The molecule has 0 bridgehead atoms. The minimum atomic E-state index is -0.997. The Balaban J connectivity index is 2.30. The first kappa shape index (κ1) is 16.2. The Morgan fingerprint density at radius 3 is 2.58 bits per heavy atom. The molecule has 1 aliphatic heterocycles. The second kappa shape index (κ2) is 7.67. The molecule has 108 valence electrons. The topological polar surface area (TPSA) is 92.4 Å². The summed E-state index contributed by atoms with van der Waals surface area (Å²) in [7, 11) is 0. The van der Waals surface area contributed by atoms with E-state index in [0.29, 0.717) is 29.2 Å². The van der Waals surface area contributed by atoms with Gasteiger partial charge in [-0.15, -0.1) is 0 Å². The van der Waals surface area contributed by atoms with E-state index >= 15 is 0 Å². The molecule has 6 heteroatoms. The zero-order valence-electron chi connectivity index (χ0n) is 11.3. The van der Waals surface area contributed by atoms with Gasteiger partial charge in [0.2, 0.25) is 0 Å². The summed E-state index contributed by atoms with van der Waals surface area (Å²) in [5.74, 6) is -0.445. The van der Waals surface area contributed by atoms with Crippen LogP contribution < -0.4 is 11.1 Å². The van der Waals surface area contributed by atoms with Crippen LogP contribution in [0, 0.1) is 5.92 Å². The van der Waals surface area contributed by atoms with E-state index in [-0.39, 0.29) is 12.5 Å². The number of carbonyl (C=O) groups is 2. The predicted octanol–water partition coefficient (Wildman–Crippen LogP) is 0.642. The average molecular weight is 286 g/mol. The lowest BCUT2D eigenvalue weighted by Gasteiger charge is -2.38. The summed E-state index contributed by atoms with van der Waals surface area (Å²) in [4.78, 5) is 21.2. The molecule has 0 spiro atoms. The van der Waals surface area contributed by atoms with E-state index in [2.05, 4.69) is 25.2 Å². The number of carbonyl (C=O) groups excluding carboxylic acids is 1. The largest absolute Gasteiger partial charge is 0.481 e. The van der Waals surface area contributed by atoms with Crippen molar-refractivity contribution < 1.29 is 14.7 Å². The maximum absolute atomic E-state index is 10.7. The lowest BCUT2D eigenvalue weighted by atomic mass is 9.99. The summed E-state index contributed by atoms with van der Waals surface area (Å²) in [6, 6.07) is -0.879. The molecular formula is C13H22N2O3S. The molecule has 1 heterocycles. The minimum absolute atomic E-state index is 0.207. The van der Waals surface area contributed by atoms with E-state index in [1.54, 1.807) is 0 Å². The number of nitrogens with two attached hydrogens (primary N) is 1. The SMILES string of the molecule is CC1SC(C)C1C=CC(N)CN[C@H](C=O)CC(=O)O. The normalized spacial score (nSPS) is 29.7. The number of allylic oxidation sites excluding steroid dienone is 1. The van der Waals surface area contributed by atoms with Crippen LogP contribution >= 0.6 is 11.8 Å². The van der Waals surface area contributed by atoms with Gasteiger partial charge in [-0.1, -0.05) is 26.0 Å². The van der Waals surface area contributed by atoms with Crippen molar-refractivity contribution in [2.45, 2.75) is 42.9 Å². The summed E-state index contributed by atoms with van der Waals surface area (Å²) in [6.07, 6.45) is 4.46. The maximum atomic E-state index is 10.7. The Kier molecular flexibility index (Phi) is 6.54. The van der Waals surface area contributed by atoms with E-state index in [0.717, 1.165) is 0 Å². The van der Waals surface area contributed by atoms with Crippen molar-refractivity contribution in [3.05, 3.63) is 12.2 Å². The second-order valence-corrected chi connectivity index (χ2v) is 6.68. The molecule has 0 amide bonds. The van der Waals surface area contributed by atoms with Crippen molar-refractivity contribution in [3.63, 3.8) is 0 Å². The minimum Gasteiger partial charge on any atom is -0.481 e. The Morgan fingerprint density at radius 1 is 1.47 bits per heavy atom. The molecule has 4 N–H and O–H groups in total. The van der Waals surface area contributed by atoms with Gasteiger partial charge in [-0.3, -0.25) is 4.79 Å². The van der Waals surface area contributed by atoms with Gasteiger partial charge in [0.15, 0.2) is 0 Å². The van der Waals surface area contributed by atoms with Gasteiger partial charge < -0.3 is 21.0 Å². The van der Waals surface area contributed by atoms with E-state index < -0.39 is 12.0 Å². The fraction of sp³-hybridized carbons (Fsp3) is 0.692. The highest BCUT2D eigenvalue weighted by Crippen LogP contribution is 2.42. The monoisotopic (exact) mass is 286 g/mol. The van der Waals surface area contributed by atoms with Crippen molar-refractivity contribution in [1.82, 2.24) is 5.32 Å². The molecule has 19 heavy (non-hydrogen) atoms. The predicted molar refractivity (Wildman–Crippen MR) is 77.2 cm³/mol. The van der Waals surface area contributed by atoms with Gasteiger partial charge in [-0.25, -0.2) is 0 Å². The molecule has 1 rings (SSSR count). The Bertz CT molecular complexity index is 341. The molecule has 1 aliphatic rings. The number of hydrogen-bond donors (Lipinski definition) is 3. The molecule has 5 nitrogen and oxygen atoms in total. The fourth-order valence-electron chi connectivity index (χ4n) is 2.11. The van der Waals surface area contributed by atoms with Gasteiger partial charge >= 0.3 is 5.97 Å². The van der Waals surface area contributed by atoms with Crippen molar-refractivity contribution in [2.75, 3.05) is 6.54 Å². The van der Waals surface area contributed by atoms with Crippen LogP contribution in [-0.4, -0.2) is 46.5 Å². The van der Waals surface area contributed by atoms with Gasteiger partial charge in [0, 0.05) is 29.0 Å². The molecule has 1 fully saturated rings. The summed E-state index contributed by atoms with van der Waals surface area (Å²) in [6.45, 7) is 4.78. The van der Waals surface area contributed by atoms with Crippen LogP contribution in [0.1, 0.15) is 20.3 Å². The second-order valence-electron chi connectivity index (χ2n) is 4.92. The number of thioether (sulfide) groups is 1.